The minimum Gasteiger partial charge on any atom is -0.497 e. The highest BCUT2D eigenvalue weighted by Gasteiger charge is 2.31. The molecule has 3 rings (SSSR count). The first-order chi connectivity index (χ1) is 14.9. The molecule has 0 aromatic heterocycles. The van der Waals surface area contributed by atoms with Crippen LogP contribution in [-0.2, 0) is 9.47 Å². The number of benzene rings is 2. The van der Waals surface area contributed by atoms with Crippen molar-refractivity contribution in [3.05, 3.63) is 59.2 Å². The topological polar surface area (TPSA) is 112 Å². The van der Waals surface area contributed by atoms with Gasteiger partial charge in [-0.2, -0.15) is 0 Å². The van der Waals surface area contributed by atoms with Crippen molar-refractivity contribution in [1.82, 2.24) is 4.90 Å². The van der Waals surface area contributed by atoms with Gasteiger partial charge in [0.2, 0.25) is 0 Å². The van der Waals surface area contributed by atoms with E-state index in [1.54, 1.807) is 18.2 Å². The summed E-state index contributed by atoms with van der Waals surface area (Å²) in [5, 5.41) is 9.16. The fourth-order valence-corrected chi connectivity index (χ4v) is 3.24. The molecule has 1 saturated heterocycles. The van der Waals surface area contributed by atoms with Crippen LogP contribution in [0.5, 0.6) is 11.5 Å². The Labute approximate surface area is 179 Å². The summed E-state index contributed by atoms with van der Waals surface area (Å²) in [6.45, 7) is 0.306. The zero-order valence-electron chi connectivity index (χ0n) is 17.2. The number of methoxy groups -OCH3 is 2. The molecule has 164 valence electrons. The van der Waals surface area contributed by atoms with E-state index in [4.69, 9.17) is 24.1 Å². The Bertz CT molecular complexity index is 956. The molecule has 9 heteroatoms. The number of carboxylic acid groups (broad SMARTS) is 1. The molecule has 1 atom stereocenters. The highest BCUT2D eigenvalue weighted by atomic mass is 16.7. The molecular weight excluding hydrogens is 406 g/mol. The minimum absolute atomic E-state index is 0.0219. The molecule has 31 heavy (non-hydrogen) atoms. The lowest BCUT2D eigenvalue weighted by molar-refractivity contribution is -0.00816. The van der Waals surface area contributed by atoms with Gasteiger partial charge in [-0.15, -0.1) is 0 Å². The lowest BCUT2D eigenvalue weighted by atomic mass is 10.0. The minimum atomic E-state index is -1.12. The van der Waals surface area contributed by atoms with Crippen molar-refractivity contribution in [2.75, 3.05) is 27.6 Å². The fraction of sp³-hybridized carbons (Fsp3) is 0.318. The molecule has 1 aliphatic heterocycles. The number of hydrogen-bond donors (Lipinski definition) is 1. The van der Waals surface area contributed by atoms with Crippen LogP contribution in [0.3, 0.4) is 0 Å². The number of ether oxygens (including phenoxy) is 4. The molecule has 1 amide bonds. The molecule has 0 radical (unpaired) electrons. The van der Waals surface area contributed by atoms with Crippen molar-refractivity contribution >= 4 is 17.8 Å². The van der Waals surface area contributed by atoms with Gasteiger partial charge in [-0.3, -0.25) is 9.69 Å². The molecular formula is C22H23NO8. The number of esters is 1. The number of likely N-dealkylation sites (tertiary alicyclic amines) is 1. The molecule has 0 saturated carbocycles. The van der Waals surface area contributed by atoms with E-state index in [1.165, 1.54) is 38.5 Å². The first-order valence-electron chi connectivity index (χ1n) is 9.59. The zero-order valence-corrected chi connectivity index (χ0v) is 17.2. The summed E-state index contributed by atoms with van der Waals surface area (Å²) in [6, 6.07) is 10.8. The van der Waals surface area contributed by atoms with E-state index in [9.17, 15) is 14.4 Å². The van der Waals surface area contributed by atoms with Gasteiger partial charge in [-0.05, 0) is 36.8 Å². The average molecular weight is 429 g/mol. The van der Waals surface area contributed by atoms with Gasteiger partial charge in [0.15, 0.2) is 18.8 Å². The van der Waals surface area contributed by atoms with E-state index in [1.807, 2.05) is 0 Å². The van der Waals surface area contributed by atoms with Crippen molar-refractivity contribution < 1.29 is 38.4 Å². The molecule has 1 N–H and O–H groups in total. The molecule has 1 unspecified atom stereocenters. The molecule has 2 aromatic rings. The average Bonchev–Trinajstić information content (AvgIpc) is 3.25. The van der Waals surface area contributed by atoms with E-state index >= 15 is 0 Å². The summed E-state index contributed by atoms with van der Waals surface area (Å²) in [7, 11) is 2.97. The van der Waals surface area contributed by atoms with Crippen molar-refractivity contribution in [1.29, 1.82) is 0 Å². The van der Waals surface area contributed by atoms with Crippen molar-refractivity contribution in [2.24, 2.45) is 0 Å². The van der Waals surface area contributed by atoms with Gasteiger partial charge in [0, 0.05) is 25.6 Å². The smallest absolute Gasteiger partial charge is 0.410 e. The number of hydrogen-bond acceptors (Lipinski definition) is 7. The maximum Gasteiger partial charge on any atom is 0.410 e. The second-order valence-electron chi connectivity index (χ2n) is 6.80. The molecule has 9 nitrogen and oxygen atoms in total. The maximum atomic E-state index is 13.0. The van der Waals surface area contributed by atoms with Crippen LogP contribution in [0.2, 0.25) is 0 Å². The van der Waals surface area contributed by atoms with Gasteiger partial charge in [0.05, 0.1) is 18.2 Å². The zero-order chi connectivity index (χ0) is 22.4. The van der Waals surface area contributed by atoms with Crippen molar-refractivity contribution in [3.63, 3.8) is 0 Å². The third-order valence-corrected chi connectivity index (χ3v) is 4.83. The molecule has 0 bridgehead atoms. The Morgan fingerprint density at radius 2 is 1.77 bits per heavy atom. The standard InChI is InChI=1S/C22H23NO8/c1-28-13-30-18-10-9-16(29-2)12-17(18)20(24)14-5-7-15(8-6-14)21(25)31-19-4-3-11-23(19)22(26)27/h5-10,12,19H,3-4,11,13H2,1-2H3,(H,26,27). The molecule has 1 heterocycles. The van der Waals surface area contributed by atoms with Crippen LogP contribution in [0.4, 0.5) is 4.79 Å². The largest absolute Gasteiger partial charge is 0.497 e. The van der Waals surface area contributed by atoms with Gasteiger partial charge in [-0.1, -0.05) is 12.1 Å². The Morgan fingerprint density at radius 3 is 2.42 bits per heavy atom. The second kappa shape index (κ2) is 9.94. The molecule has 1 aliphatic rings. The van der Waals surface area contributed by atoms with Gasteiger partial charge >= 0.3 is 12.1 Å². The van der Waals surface area contributed by atoms with Gasteiger partial charge < -0.3 is 24.1 Å². The Morgan fingerprint density at radius 1 is 1.06 bits per heavy atom. The highest BCUT2D eigenvalue weighted by molar-refractivity contribution is 6.11. The molecule has 0 spiro atoms. The van der Waals surface area contributed by atoms with Crippen LogP contribution in [0, 0.1) is 0 Å². The van der Waals surface area contributed by atoms with Gasteiger partial charge in [0.25, 0.3) is 0 Å². The number of ketones is 1. The van der Waals surface area contributed by atoms with E-state index < -0.39 is 18.3 Å². The lowest BCUT2D eigenvalue weighted by Gasteiger charge is -2.21. The number of carbonyl (C=O) groups is 3. The third-order valence-electron chi connectivity index (χ3n) is 4.83. The van der Waals surface area contributed by atoms with E-state index in [2.05, 4.69) is 0 Å². The predicted molar refractivity (Wildman–Crippen MR) is 109 cm³/mol. The number of rotatable bonds is 8. The van der Waals surface area contributed by atoms with Crippen LogP contribution in [-0.4, -0.2) is 61.6 Å². The van der Waals surface area contributed by atoms with E-state index in [0.29, 0.717) is 36.4 Å². The van der Waals surface area contributed by atoms with Crippen LogP contribution in [0.1, 0.15) is 39.1 Å². The number of carbonyl (C=O) groups excluding carboxylic acids is 2. The summed E-state index contributed by atoms with van der Waals surface area (Å²) in [4.78, 5) is 37.7. The first-order valence-corrected chi connectivity index (χ1v) is 9.59. The monoisotopic (exact) mass is 429 g/mol. The van der Waals surface area contributed by atoms with Crippen LogP contribution in [0.15, 0.2) is 42.5 Å². The third kappa shape index (κ3) is 5.13. The summed E-state index contributed by atoms with van der Waals surface area (Å²) in [5.74, 6) is -0.139. The van der Waals surface area contributed by atoms with Crippen molar-refractivity contribution in [3.8, 4) is 11.5 Å². The molecule has 2 aromatic carbocycles. The Balaban J connectivity index is 1.76. The normalized spacial score (nSPS) is 15.4. The van der Waals surface area contributed by atoms with E-state index in [-0.39, 0.29) is 23.7 Å². The summed E-state index contributed by atoms with van der Waals surface area (Å²) >= 11 is 0. The Hall–Kier alpha value is -3.59. The SMILES string of the molecule is COCOc1ccc(OC)cc1C(=O)c1ccc(C(=O)OC2CCCN2C(=O)O)cc1. The summed E-state index contributed by atoms with van der Waals surface area (Å²) in [6.07, 6.45) is -0.843. The fourth-order valence-electron chi connectivity index (χ4n) is 3.24. The molecule has 0 aliphatic carbocycles. The number of nitrogens with zero attached hydrogens (tertiary/aromatic N) is 1. The maximum absolute atomic E-state index is 13.0. The summed E-state index contributed by atoms with van der Waals surface area (Å²) in [5.41, 5.74) is 0.838. The second-order valence-corrected chi connectivity index (χ2v) is 6.80. The quantitative estimate of drug-likeness (QED) is 0.387. The Kier molecular flexibility index (Phi) is 7.09. The van der Waals surface area contributed by atoms with Crippen LogP contribution >= 0.6 is 0 Å². The van der Waals surface area contributed by atoms with E-state index in [0.717, 1.165) is 4.90 Å². The predicted octanol–water partition coefficient (Wildman–Crippen LogP) is 3.17. The van der Waals surface area contributed by atoms with Gasteiger partial charge in [-0.25, -0.2) is 9.59 Å². The first kappa shape index (κ1) is 22.1. The highest BCUT2D eigenvalue weighted by Crippen LogP contribution is 2.27. The van der Waals surface area contributed by atoms with Crippen LogP contribution in [0.25, 0.3) is 0 Å². The van der Waals surface area contributed by atoms with Gasteiger partial charge in [0.1, 0.15) is 11.5 Å². The number of amides is 1. The summed E-state index contributed by atoms with van der Waals surface area (Å²) < 4.78 is 20.9. The lowest BCUT2D eigenvalue weighted by Crippen LogP contribution is -2.37. The van der Waals surface area contributed by atoms with Crippen LogP contribution < -0.4 is 9.47 Å². The molecule has 1 fully saturated rings. The van der Waals surface area contributed by atoms with Crippen molar-refractivity contribution in [2.45, 2.75) is 19.1 Å².